The molecule has 2 aromatic heterocycles. The topological polar surface area (TPSA) is 84.0 Å². The van der Waals surface area contributed by atoms with Gasteiger partial charge in [0, 0.05) is 18.0 Å². The minimum absolute atomic E-state index is 0.191. The van der Waals surface area contributed by atoms with Gasteiger partial charge in [-0.25, -0.2) is 9.37 Å². The van der Waals surface area contributed by atoms with Crippen molar-refractivity contribution in [3.05, 3.63) is 84.1 Å². The van der Waals surface area contributed by atoms with Gasteiger partial charge in [-0.05, 0) is 42.5 Å². The molecule has 0 fully saturated rings. The molecule has 124 valence electrons. The predicted octanol–water partition coefficient (Wildman–Crippen LogP) is 3.12. The molecule has 2 amide bonds. The van der Waals surface area contributed by atoms with E-state index >= 15 is 0 Å². The van der Waals surface area contributed by atoms with Gasteiger partial charge in [0.15, 0.2) is 0 Å². The smallest absolute Gasteiger partial charge is 0.257 e. The molecular weight excluding hydrogens is 323 g/mol. The van der Waals surface area contributed by atoms with Gasteiger partial charge in [0.2, 0.25) is 0 Å². The number of benzene rings is 1. The van der Waals surface area contributed by atoms with Crippen LogP contribution in [0.2, 0.25) is 0 Å². The highest BCUT2D eigenvalue weighted by Crippen LogP contribution is 2.13. The summed E-state index contributed by atoms with van der Waals surface area (Å²) in [6, 6.07) is 11.8. The average Bonchev–Trinajstić information content (AvgIpc) is 2.64. The Bertz CT molecular complexity index is 898. The van der Waals surface area contributed by atoms with Gasteiger partial charge < -0.3 is 10.6 Å². The largest absolute Gasteiger partial charge is 0.321 e. The lowest BCUT2D eigenvalue weighted by Gasteiger charge is -2.07. The van der Waals surface area contributed by atoms with Crippen LogP contribution in [-0.4, -0.2) is 21.8 Å². The summed E-state index contributed by atoms with van der Waals surface area (Å²) < 4.78 is 13.1. The number of nitrogens with one attached hydrogen (secondary N) is 2. The van der Waals surface area contributed by atoms with Crippen LogP contribution in [0.15, 0.2) is 67.1 Å². The van der Waals surface area contributed by atoms with Crippen molar-refractivity contribution in [3.8, 4) is 0 Å². The number of carbonyl (C=O) groups excluding carboxylic acids is 2. The number of anilines is 2. The van der Waals surface area contributed by atoms with E-state index in [1.54, 1.807) is 24.4 Å². The highest BCUT2D eigenvalue weighted by atomic mass is 19.1. The minimum atomic E-state index is -0.492. The van der Waals surface area contributed by atoms with Crippen molar-refractivity contribution < 1.29 is 14.0 Å². The number of hydrogen-bond acceptors (Lipinski definition) is 4. The molecule has 0 spiro atoms. The summed E-state index contributed by atoms with van der Waals surface area (Å²) in [6.07, 6.45) is 4.44. The van der Waals surface area contributed by atoms with Gasteiger partial charge in [0.25, 0.3) is 11.8 Å². The number of pyridine rings is 2. The Balaban J connectivity index is 1.64. The predicted molar refractivity (Wildman–Crippen MR) is 90.8 cm³/mol. The van der Waals surface area contributed by atoms with E-state index in [0.29, 0.717) is 11.3 Å². The first kappa shape index (κ1) is 16.3. The van der Waals surface area contributed by atoms with Gasteiger partial charge in [-0.15, -0.1) is 0 Å². The Morgan fingerprint density at radius 2 is 1.68 bits per heavy atom. The molecule has 7 heteroatoms. The number of hydrogen-bond donors (Lipinski definition) is 2. The fourth-order valence-corrected chi connectivity index (χ4v) is 2.06. The molecule has 25 heavy (non-hydrogen) atoms. The van der Waals surface area contributed by atoms with Gasteiger partial charge in [0.1, 0.15) is 11.6 Å². The molecule has 0 aliphatic rings. The van der Waals surface area contributed by atoms with Crippen LogP contribution < -0.4 is 10.6 Å². The van der Waals surface area contributed by atoms with Crippen LogP contribution in [0.4, 0.5) is 15.9 Å². The fraction of sp³-hybridized carbons (Fsp3) is 0. The molecule has 0 radical (unpaired) electrons. The van der Waals surface area contributed by atoms with E-state index in [1.807, 2.05) is 0 Å². The summed E-state index contributed by atoms with van der Waals surface area (Å²) in [7, 11) is 0. The van der Waals surface area contributed by atoms with E-state index in [9.17, 15) is 14.0 Å². The standard InChI is InChI=1S/C18H13FN4O2/c19-14-5-1-3-12(9-14)17(24)23-16-7-6-15(11-21-16)22-18(25)13-4-2-8-20-10-13/h1-11H,(H,22,25)(H,21,23,24). The van der Waals surface area contributed by atoms with Gasteiger partial charge in [-0.3, -0.25) is 14.6 Å². The Morgan fingerprint density at radius 3 is 2.36 bits per heavy atom. The molecule has 0 aliphatic heterocycles. The second-order valence-corrected chi connectivity index (χ2v) is 5.09. The lowest BCUT2D eigenvalue weighted by Crippen LogP contribution is -2.14. The summed E-state index contributed by atoms with van der Waals surface area (Å²) >= 11 is 0. The van der Waals surface area contributed by atoms with Crippen molar-refractivity contribution in [1.82, 2.24) is 9.97 Å². The number of amides is 2. The number of carbonyl (C=O) groups is 2. The first-order valence-corrected chi connectivity index (χ1v) is 7.36. The third-order valence-electron chi connectivity index (χ3n) is 3.27. The lowest BCUT2D eigenvalue weighted by molar-refractivity contribution is 0.101. The van der Waals surface area contributed by atoms with E-state index in [0.717, 1.165) is 6.07 Å². The van der Waals surface area contributed by atoms with E-state index in [1.165, 1.54) is 36.7 Å². The lowest BCUT2D eigenvalue weighted by atomic mass is 10.2. The van der Waals surface area contributed by atoms with Crippen LogP contribution in [0, 0.1) is 5.82 Å². The molecule has 0 saturated carbocycles. The average molecular weight is 336 g/mol. The molecule has 2 heterocycles. The highest BCUT2D eigenvalue weighted by molar-refractivity contribution is 6.05. The normalized spacial score (nSPS) is 10.1. The molecule has 1 aromatic carbocycles. The molecule has 3 aromatic rings. The quantitative estimate of drug-likeness (QED) is 0.767. The van der Waals surface area contributed by atoms with Crippen LogP contribution in [0.1, 0.15) is 20.7 Å². The summed E-state index contributed by atoms with van der Waals surface area (Å²) in [5.41, 5.74) is 1.08. The molecule has 0 saturated heterocycles. The SMILES string of the molecule is O=C(Nc1ccc(NC(=O)c2cccc(F)c2)nc1)c1cccnc1. The van der Waals surface area contributed by atoms with Crippen molar-refractivity contribution in [2.75, 3.05) is 10.6 Å². The minimum Gasteiger partial charge on any atom is -0.321 e. The monoisotopic (exact) mass is 336 g/mol. The Hall–Kier alpha value is -3.61. The Labute approximate surface area is 142 Å². The summed E-state index contributed by atoms with van der Waals surface area (Å²) in [5.74, 6) is -0.992. The number of nitrogens with zero attached hydrogens (tertiary/aromatic N) is 2. The van der Waals surface area contributed by atoms with E-state index < -0.39 is 11.7 Å². The molecule has 6 nitrogen and oxygen atoms in total. The van der Waals surface area contributed by atoms with Gasteiger partial charge in [-0.2, -0.15) is 0 Å². The second kappa shape index (κ2) is 7.31. The maximum atomic E-state index is 13.1. The Morgan fingerprint density at radius 1 is 0.880 bits per heavy atom. The van der Waals surface area contributed by atoms with Crippen molar-refractivity contribution >= 4 is 23.3 Å². The van der Waals surface area contributed by atoms with Crippen molar-refractivity contribution in [3.63, 3.8) is 0 Å². The van der Waals surface area contributed by atoms with Crippen molar-refractivity contribution in [2.24, 2.45) is 0 Å². The number of aromatic nitrogens is 2. The molecule has 0 atom stereocenters. The molecule has 0 aliphatic carbocycles. The zero-order chi connectivity index (χ0) is 17.6. The van der Waals surface area contributed by atoms with E-state index in [4.69, 9.17) is 0 Å². The highest BCUT2D eigenvalue weighted by Gasteiger charge is 2.09. The number of rotatable bonds is 4. The first-order chi connectivity index (χ1) is 12.1. The zero-order valence-corrected chi connectivity index (χ0v) is 12.9. The fourth-order valence-electron chi connectivity index (χ4n) is 2.06. The molecule has 3 rings (SSSR count). The van der Waals surface area contributed by atoms with Gasteiger partial charge in [-0.1, -0.05) is 6.07 Å². The maximum Gasteiger partial charge on any atom is 0.257 e. The summed E-state index contributed by atoms with van der Waals surface area (Å²) in [5, 5.41) is 5.23. The third kappa shape index (κ3) is 4.23. The van der Waals surface area contributed by atoms with Crippen LogP contribution in [0.5, 0.6) is 0 Å². The van der Waals surface area contributed by atoms with Crippen LogP contribution in [-0.2, 0) is 0 Å². The zero-order valence-electron chi connectivity index (χ0n) is 12.9. The third-order valence-corrected chi connectivity index (χ3v) is 3.27. The van der Waals surface area contributed by atoms with Crippen molar-refractivity contribution in [2.45, 2.75) is 0 Å². The van der Waals surface area contributed by atoms with Gasteiger partial charge in [0.05, 0.1) is 17.4 Å². The molecular formula is C18H13FN4O2. The first-order valence-electron chi connectivity index (χ1n) is 7.36. The van der Waals surface area contributed by atoms with Crippen LogP contribution in [0.3, 0.4) is 0 Å². The van der Waals surface area contributed by atoms with Gasteiger partial charge >= 0.3 is 0 Å². The Kier molecular flexibility index (Phi) is 4.75. The van der Waals surface area contributed by atoms with Crippen molar-refractivity contribution in [1.29, 1.82) is 0 Å². The molecule has 2 N–H and O–H groups in total. The van der Waals surface area contributed by atoms with Crippen LogP contribution in [0.25, 0.3) is 0 Å². The van der Waals surface area contributed by atoms with Crippen LogP contribution >= 0.6 is 0 Å². The van der Waals surface area contributed by atoms with E-state index in [-0.39, 0.29) is 17.3 Å². The second-order valence-electron chi connectivity index (χ2n) is 5.09. The summed E-state index contributed by atoms with van der Waals surface area (Å²) in [4.78, 5) is 32.0. The molecule has 0 bridgehead atoms. The maximum absolute atomic E-state index is 13.1. The van der Waals surface area contributed by atoms with E-state index in [2.05, 4.69) is 20.6 Å². The number of halogens is 1. The molecule has 0 unspecified atom stereocenters. The summed E-state index contributed by atoms with van der Waals surface area (Å²) in [6.45, 7) is 0.